The summed E-state index contributed by atoms with van der Waals surface area (Å²) in [6.07, 6.45) is 3.98. The fourth-order valence-corrected chi connectivity index (χ4v) is 4.09. The van der Waals surface area contributed by atoms with Gasteiger partial charge in [0.2, 0.25) is 5.91 Å². The minimum absolute atomic E-state index is 0.182. The van der Waals surface area contributed by atoms with Crippen molar-refractivity contribution in [1.29, 1.82) is 0 Å². The molecular weight excluding hydrogens is 434 g/mol. The van der Waals surface area contributed by atoms with Crippen LogP contribution in [-0.2, 0) is 23.5 Å². The van der Waals surface area contributed by atoms with E-state index in [2.05, 4.69) is 15.4 Å². The third-order valence-corrected chi connectivity index (χ3v) is 5.96. The van der Waals surface area contributed by atoms with E-state index < -0.39 is 0 Å². The van der Waals surface area contributed by atoms with Crippen LogP contribution in [0, 0.1) is 0 Å². The molecule has 1 amide bonds. The molecule has 0 aliphatic rings. The van der Waals surface area contributed by atoms with Crippen molar-refractivity contribution in [3.05, 3.63) is 87.6 Å². The molecule has 158 valence electrons. The van der Waals surface area contributed by atoms with Crippen LogP contribution in [0.5, 0.6) is 0 Å². The maximum atomic E-state index is 12.7. The lowest BCUT2D eigenvalue weighted by Gasteiger charge is -2.06. The zero-order valence-corrected chi connectivity index (χ0v) is 18.4. The Labute approximate surface area is 188 Å². The SMILES string of the molecule is CCc1cccc(NC(=O)Cn2nc3c(SCc4ccc(Cl)cc4)nccn3c2=O)c1. The smallest absolute Gasteiger partial charge is 0.324 e. The quantitative estimate of drug-likeness (QED) is 0.427. The molecule has 2 heterocycles. The average molecular weight is 454 g/mol. The number of aryl methyl sites for hydroxylation is 1. The van der Waals surface area contributed by atoms with E-state index in [1.165, 1.54) is 16.2 Å². The van der Waals surface area contributed by atoms with Gasteiger partial charge in [-0.3, -0.25) is 4.79 Å². The van der Waals surface area contributed by atoms with Crippen LogP contribution in [-0.4, -0.2) is 25.1 Å². The van der Waals surface area contributed by atoms with E-state index in [0.29, 0.717) is 27.1 Å². The van der Waals surface area contributed by atoms with Gasteiger partial charge in [-0.25, -0.2) is 18.9 Å². The van der Waals surface area contributed by atoms with Crippen molar-refractivity contribution in [3.63, 3.8) is 0 Å². The van der Waals surface area contributed by atoms with Gasteiger partial charge in [-0.1, -0.05) is 54.6 Å². The Balaban J connectivity index is 1.51. The van der Waals surface area contributed by atoms with Crippen molar-refractivity contribution in [2.45, 2.75) is 30.7 Å². The Hall–Kier alpha value is -3.10. The predicted octanol–water partition coefficient (Wildman–Crippen LogP) is 4.04. The number of amides is 1. The van der Waals surface area contributed by atoms with Crippen LogP contribution in [0.15, 0.2) is 70.7 Å². The topological polar surface area (TPSA) is 81.3 Å². The van der Waals surface area contributed by atoms with Gasteiger partial charge in [0.25, 0.3) is 0 Å². The van der Waals surface area contributed by atoms with Crippen LogP contribution in [0.2, 0.25) is 5.02 Å². The molecule has 0 aliphatic heterocycles. The standard InChI is InChI=1S/C22H20ClN5O2S/c1-2-15-4-3-5-18(12-15)25-19(29)13-28-22(30)27-11-10-24-21(20(27)26-28)31-14-16-6-8-17(23)9-7-16/h3-12H,2,13-14H2,1H3,(H,25,29). The van der Waals surface area contributed by atoms with Crippen molar-refractivity contribution in [2.24, 2.45) is 0 Å². The third-order valence-electron chi connectivity index (χ3n) is 4.67. The summed E-state index contributed by atoms with van der Waals surface area (Å²) in [5, 5.41) is 8.47. The second-order valence-corrected chi connectivity index (χ2v) is 8.28. The van der Waals surface area contributed by atoms with Crippen molar-refractivity contribution < 1.29 is 4.79 Å². The summed E-state index contributed by atoms with van der Waals surface area (Å²) < 4.78 is 2.56. The molecule has 4 rings (SSSR count). The number of rotatable bonds is 7. The summed E-state index contributed by atoms with van der Waals surface area (Å²) >= 11 is 7.40. The summed E-state index contributed by atoms with van der Waals surface area (Å²) in [4.78, 5) is 29.6. The number of carbonyl (C=O) groups excluding carboxylic acids is 1. The zero-order chi connectivity index (χ0) is 21.8. The monoisotopic (exact) mass is 453 g/mol. The van der Waals surface area contributed by atoms with Gasteiger partial charge in [-0.05, 0) is 41.8 Å². The lowest BCUT2D eigenvalue weighted by atomic mass is 10.1. The molecule has 7 nitrogen and oxygen atoms in total. The molecule has 2 aromatic carbocycles. The van der Waals surface area contributed by atoms with E-state index in [-0.39, 0.29) is 18.1 Å². The number of nitrogens with zero attached hydrogens (tertiary/aromatic N) is 4. The van der Waals surface area contributed by atoms with Gasteiger partial charge in [0.1, 0.15) is 11.6 Å². The van der Waals surface area contributed by atoms with E-state index in [1.807, 2.05) is 55.5 Å². The Morgan fingerprint density at radius 2 is 1.97 bits per heavy atom. The molecule has 0 radical (unpaired) electrons. The van der Waals surface area contributed by atoms with Gasteiger partial charge in [0, 0.05) is 28.9 Å². The number of hydrogen-bond donors (Lipinski definition) is 1. The Morgan fingerprint density at radius 3 is 2.74 bits per heavy atom. The van der Waals surface area contributed by atoms with Crippen LogP contribution in [0.4, 0.5) is 5.69 Å². The van der Waals surface area contributed by atoms with E-state index in [1.54, 1.807) is 12.4 Å². The first-order valence-corrected chi connectivity index (χ1v) is 11.1. The molecule has 0 unspecified atom stereocenters. The largest absolute Gasteiger partial charge is 0.350 e. The Kier molecular flexibility index (Phi) is 6.39. The van der Waals surface area contributed by atoms with Crippen LogP contribution in [0.3, 0.4) is 0 Å². The lowest BCUT2D eigenvalue weighted by Crippen LogP contribution is -2.28. The second kappa shape index (κ2) is 9.36. The number of anilines is 1. The highest BCUT2D eigenvalue weighted by Gasteiger charge is 2.15. The first kappa shape index (κ1) is 21.1. The van der Waals surface area contributed by atoms with Crippen LogP contribution >= 0.6 is 23.4 Å². The molecule has 2 aromatic heterocycles. The fourth-order valence-electron chi connectivity index (χ4n) is 3.07. The lowest BCUT2D eigenvalue weighted by molar-refractivity contribution is -0.117. The number of thioether (sulfide) groups is 1. The van der Waals surface area contributed by atoms with Crippen LogP contribution in [0.1, 0.15) is 18.1 Å². The second-order valence-electron chi connectivity index (χ2n) is 6.88. The van der Waals surface area contributed by atoms with Gasteiger partial charge < -0.3 is 5.32 Å². The molecule has 0 saturated carbocycles. The van der Waals surface area contributed by atoms with Crippen molar-refractivity contribution >= 4 is 40.6 Å². The molecule has 0 bridgehead atoms. The number of halogens is 1. The minimum atomic E-state index is -0.386. The minimum Gasteiger partial charge on any atom is -0.324 e. The summed E-state index contributed by atoms with van der Waals surface area (Å²) in [6, 6.07) is 15.2. The number of fused-ring (bicyclic) bond motifs is 1. The van der Waals surface area contributed by atoms with E-state index in [9.17, 15) is 9.59 Å². The Morgan fingerprint density at radius 1 is 1.16 bits per heavy atom. The van der Waals surface area contributed by atoms with E-state index in [4.69, 9.17) is 11.6 Å². The molecule has 0 atom stereocenters. The van der Waals surface area contributed by atoms with Crippen molar-refractivity contribution in [3.8, 4) is 0 Å². The van der Waals surface area contributed by atoms with Crippen LogP contribution in [0.25, 0.3) is 5.65 Å². The molecule has 9 heteroatoms. The van der Waals surface area contributed by atoms with Gasteiger partial charge in [0.15, 0.2) is 5.65 Å². The maximum absolute atomic E-state index is 12.7. The van der Waals surface area contributed by atoms with Crippen molar-refractivity contribution in [1.82, 2.24) is 19.2 Å². The summed E-state index contributed by atoms with van der Waals surface area (Å²) in [6.45, 7) is 1.87. The average Bonchev–Trinajstić information content (AvgIpc) is 3.09. The van der Waals surface area contributed by atoms with Gasteiger partial charge >= 0.3 is 5.69 Å². The first-order valence-electron chi connectivity index (χ1n) is 9.73. The van der Waals surface area contributed by atoms with Gasteiger partial charge in [-0.15, -0.1) is 5.10 Å². The predicted molar refractivity (Wildman–Crippen MR) is 123 cm³/mol. The molecule has 0 spiro atoms. The summed E-state index contributed by atoms with van der Waals surface area (Å²) in [7, 11) is 0. The van der Waals surface area contributed by atoms with Crippen LogP contribution < -0.4 is 11.0 Å². The summed E-state index contributed by atoms with van der Waals surface area (Å²) in [5.41, 5.74) is 2.93. The number of carbonyl (C=O) groups is 1. The number of nitrogens with one attached hydrogen (secondary N) is 1. The Bertz CT molecular complexity index is 1280. The van der Waals surface area contributed by atoms with E-state index >= 15 is 0 Å². The molecule has 0 saturated heterocycles. The number of aromatic nitrogens is 4. The molecule has 1 N–H and O–H groups in total. The third kappa shape index (κ3) is 4.98. The highest BCUT2D eigenvalue weighted by atomic mass is 35.5. The molecule has 0 aliphatic carbocycles. The van der Waals surface area contributed by atoms with E-state index in [0.717, 1.165) is 22.2 Å². The summed E-state index contributed by atoms with van der Waals surface area (Å²) in [5.74, 6) is 0.334. The first-order chi connectivity index (χ1) is 15.0. The highest BCUT2D eigenvalue weighted by Crippen LogP contribution is 2.24. The fraction of sp³-hybridized carbons (Fsp3) is 0.182. The molecule has 4 aromatic rings. The normalized spacial score (nSPS) is 11.0. The van der Waals surface area contributed by atoms with Gasteiger partial charge in [-0.2, -0.15) is 0 Å². The maximum Gasteiger partial charge on any atom is 0.350 e. The molecule has 31 heavy (non-hydrogen) atoms. The highest BCUT2D eigenvalue weighted by molar-refractivity contribution is 7.98. The van der Waals surface area contributed by atoms with Gasteiger partial charge in [0.05, 0.1) is 0 Å². The number of hydrogen-bond acceptors (Lipinski definition) is 5. The van der Waals surface area contributed by atoms with Crippen molar-refractivity contribution in [2.75, 3.05) is 5.32 Å². The number of benzene rings is 2. The molecule has 0 fully saturated rings. The molecular formula is C22H20ClN5O2S. The zero-order valence-electron chi connectivity index (χ0n) is 16.8.